The Morgan fingerprint density at radius 2 is 1.92 bits per heavy atom. The van der Waals surface area contributed by atoms with Gasteiger partial charge in [-0.2, -0.15) is 0 Å². The Morgan fingerprint density at radius 1 is 1.21 bits per heavy atom. The fraction of sp³-hybridized carbons (Fsp3) is 0.250. The first kappa shape index (κ1) is 16.6. The Labute approximate surface area is 147 Å². The van der Waals surface area contributed by atoms with E-state index >= 15 is 0 Å². The van der Waals surface area contributed by atoms with Crippen molar-refractivity contribution in [2.24, 2.45) is 0 Å². The fourth-order valence-electron chi connectivity index (χ4n) is 2.93. The average molecular weight is 342 g/mol. The lowest BCUT2D eigenvalue weighted by Gasteiger charge is -2.37. The molecule has 0 saturated heterocycles. The molecule has 2 aromatic carbocycles. The molecule has 0 spiro atoms. The average Bonchev–Trinajstić information content (AvgIpc) is 2.53. The van der Waals surface area contributed by atoms with Crippen LogP contribution in [0.2, 0.25) is 5.02 Å². The summed E-state index contributed by atoms with van der Waals surface area (Å²) < 4.78 is 5.99. The third-order valence-electron chi connectivity index (χ3n) is 4.01. The highest BCUT2D eigenvalue weighted by atomic mass is 35.5. The van der Waals surface area contributed by atoms with Gasteiger partial charge in [-0.1, -0.05) is 48.0 Å². The molecule has 2 aromatic rings. The van der Waals surface area contributed by atoms with E-state index in [1.165, 1.54) is 6.08 Å². The summed E-state index contributed by atoms with van der Waals surface area (Å²) in [5.41, 5.74) is 1.51. The molecule has 1 heterocycles. The van der Waals surface area contributed by atoms with Crippen molar-refractivity contribution in [1.82, 2.24) is 5.32 Å². The third kappa shape index (κ3) is 3.80. The molecule has 124 valence electrons. The Hall–Kier alpha value is -2.26. The van der Waals surface area contributed by atoms with Crippen LogP contribution in [0, 0.1) is 0 Å². The lowest BCUT2D eigenvalue weighted by molar-refractivity contribution is -0.117. The normalized spacial score (nSPS) is 18.7. The molecule has 0 aromatic heterocycles. The predicted octanol–water partition coefficient (Wildman–Crippen LogP) is 4.77. The Bertz CT molecular complexity index is 783. The number of ether oxygens (including phenoxy) is 1. The highest BCUT2D eigenvalue weighted by Gasteiger charge is 2.33. The molecule has 0 bridgehead atoms. The molecule has 4 heteroatoms. The summed E-state index contributed by atoms with van der Waals surface area (Å²) in [6.07, 6.45) is 3.97. The third-order valence-corrected chi connectivity index (χ3v) is 4.36. The monoisotopic (exact) mass is 341 g/mol. The van der Waals surface area contributed by atoms with Crippen molar-refractivity contribution >= 4 is 23.6 Å². The van der Waals surface area contributed by atoms with E-state index in [1.54, 1.807) is 12.1 Å². The highest BCUT2D eigenvalue weighted by molar-refractivity contribution is 6.32. The second kappa shape index (κ2) is 6.70. The number of nitrogens with one attached hydrogen (secondary N) is 1. The number of halogens is 1. The number of benzene rings is 2. The van der Waals surface area contributed by atoms with Crippen LogP contribution in [0.15, 0.2) is 54.6 Å². The summed E-state index contributed by atoms with van der Waals surface area (Å²) in [6.45, 7) is 4.06. The first-order chi connectivity index (χ1) is 11.4. The molecule has 0 radical (unpaired) electrons. The van der Waals surface area contributed by atoms with Gasteiger partial charge in [-0.15, -0.1) is 0 Å². The minimum Gasteiger partial charge on any atom is -0.487 e. The zero-order valence-corrected chi connectivity index (χ0v) is 14.5. The van der Waals surface area contributed by atoms with Crippen LogP contribution in [0.3, 0.4) is 0 Å². The van der Waals surface area contributed by atoms with Gasteiger partial charge in [-0.3, -0.25) is 4.79 Å². The van der Waals surface area contributed by atoms with Crippen molar-refractivity contribution in [2.75, 3.05) is 0 Å². The van der Waals surface area contributed by atoms with Crippen molar-refractivity contribution in [2.45, 2.75) is 31.9 Å². The molecule has 1 aliphatic rings. The number of carbonyl (C=O) groups is 1. The zero-order valence-electron chi connectivity index (χ0n) is 13.8. The minimum absolute atomic E-state index is 0.0756. The molecule has 24 heavy (non-hydrogen) atoms. The van der Waals surface area contributed by atoms with Gasteiger partial charge in [0.05, 0.1) is 6.04 Å². The number of para-hydroxylation sites is 1. The molecule has 0 unspecified atom stereocenters. The molecule has 1 amide bonds. The molecule has 1 aliphatic heterocycles. The van der Waals surface area contributed by atoms with Gasteiger partial charge in [0.25, 0.3) is 0 Å². The van der Waals surface area contributed by atoms with E-state index in [1.807, 2.05) is 56.3 Å². The predicted molar refractivity (Wildman–Crippen MR) is 97.1 cm³/mol. The maximum atomic E-state index is 12.3. The van der Waals surface area contributed by atoms with E-state index in [-0.39, 0.29) is 17.6 Å². The van der Waals surface area contributed by atoms with E-state index in [0.717, 1.165) is 23.3 Å². The van der Waals surface area contributed by atoms with Gasteiger partial charge >= 0.3 is 0 Å². The lowest BCUT2D eigenvalue weighted by Crippen LogP contribution is -2.40. The highest BCUT2D eigenvalue weighted by Crippen LogP contribution is 2.39. The molecular formula is C20H20ClNO2. The smallest absolute Gasteiger partial charge is 0.244 e. The number of rotatable bonds is 3. The molecule has 3 rings (SSSR count). The second-order valence-electron chi connectivity index (χ2n) is 6.52. The molecule has 0 aliphatic carbocycles. The van der Waals surface area contributed by atoms with Gasteiger partial charge in [-0.05, 0) is 37.6 Å². The van der Waals surface area contributed by atoms with E-state index in [2.05, 4.69) is 5.32 Å². The maximum Gasteiger partial charge on any atom is 0.244 e. The summed E-state index contributed by atoms with van der Waals surface area (Å²) >= 11 is 6.10. The van der Waals surface area contributed by atoms with Crippen molar-refractivity contribution in [3.63, 3.8) is 0 Å². The van der Waals surface area contributed by atoms with Crippen LogP contribution >= 0.6 is 11.6 Å². The molecule has 3 nitrogen and oxygen atoms in total. The second-order valence-corrected chi connectivity index (χ2v) is 6.93. The molecule has 0 saturated carbocycles. The standard InChI is InChI=1S/C20H20ClNO2/c1-20(2)13-17(15-8-4-6-10-18(15)24-20)22-19(23)12-11-14-7-3-5-9-16(14)21/h3-12,17H,13H2,1-2H3,(H,22,23)/b12-11+/t17-/m1/s1. The largest absolute Gasteiger partial charge is 0.487 e. The number of amides is 1. The van der Waals surface area contributed by atoms with Gasteiger partial charge < -0.3 is 10.1 Å². The first-order valence-electron chi connectivity index (χ1n) is 7.96. The summed E-state index contributed by atoms with van der Waals surface area (Å²) in [6, 6.07) is 15.2. The van der Waals surface area contributed by atoms with E-state index in [0.29, 0.717) is 5.02 Å². The van der Waals surface area contributed by atoms with Crippen LogP contribution < -0.4 is 10.1 Å². The van der Waals surface area contributed by atoms with Crippen molar-refractivity contribution < 1.29 is 9.53 Å². The van der Waals surface area contributed by atoms with Gasteiger partial charge in [0, 0.05) is 23.1 Å². The maximum absolute atomic E-state index is 12.3. The van der Waals surface area contributed by atoms with Crippen LogP contribution in [0.25, 0.3) is 6.08 Å². The number of hydrogen-bond acceptors (Lipinski definition) is 2. The van der Waals surface area contributed by atoms with Crippen LogP contribution in [0.4, 0.5) is 0 Å². The fourth-order valence-corrected chi connectivity index (χ4v) is 3.13. The first-order valence-corrected chi connectivity index (χ1v) is 8.33. The van der Waals surface area contributed by atoms with E-state index < -0.39 is 0 Å². The minimum atomic E-state index is -0.321. The SMILES string of the molecule is CC1(C)C[C@@H](NC(=O)/C=C/c2ccccc2Cl)c2ccccc2O1. The Balaban J connectivity index is 1.76. The van der Waals surface area contributed by atoms with Crippen molar-refractivity contribution in [3.05, 3.63) is 70.8 Å². The van der Waals surface area contributed by atoms with Crippen LogP contribution in [-0.2, 0) is 4.79 Å². The molecule has 0 fully saturated rings. The summed E-state index contributed by atoms with van der Waals surface area (Å²) in [7, 11) is 0. The quantitative estimate of drug-likeness (QED) is 0.816. The van der Waals surface area contributed by atoms with Crippen LogP contribution in [-0.4, -0.2) is 11.5 Å². The Morgan fingerprint density at radius 3 is 2.71 bits per heavy atom. The van der Waals surface area contributed by atoms with Gasteiger partial charge in [0.1, 0.15) is 11.4 Å². The summed E-state index contributed by atoms with van der Waals surface area (Å²) in [5, 5.41) is 3.70. The van der Waals surface area contributed by atoms with Gasteiger partial charge in [-0.25, -0.2) is 0 Å². The number of carbonyl (C=O) groups excluding carboxylic acids is 1. The van der Waals surface area contributed by atoms with E-state index in [4.69, 9.17) is 16.3 Å². The van der Waals surface area contributed by atoms with E-state index in [9.17, 15) is 4.79 Å². The topological polar surface area (TPSA) is 38.3 Å². The molecule has 1 N–H and O–H groups in total. The van der Waals surface area contributed by atoms with Gasteiger partial charge in [0.15, 0.2) is 0 Å². The lowest BCUT2D eigenvalue weighted by atomic mass is 9.89. The summed E-state index contributed by atoms with van der Waals surface area (Å²) in [5.74, 6) is 0.682. The van der Waals surface area contributed by atoms with Crippen LogP contribution in [0.5, 0.6) is 5.75 Å². The van der Waals surface area contributed by atoms with Crippen LogP contribution in [0.1, 0.15) is 37.4 Å². The number of hydrogen-bond donors (Lipinski definition) is 1. The molecular weight excluding hydrogens is 322 g/mol. The molecule has 1 atom stereocenters. The van der Waals surface area contributed by atoms with Crippen molar-refractivity contribution in [3.8, 4) is 5.75 Å². The van der Waals surface area contributed by atoms with Gasteiger partial charge in [0.2, 0.25) is 5.91 Å². The Kier molecular flexibility index (Phi) is 4.63. The summed E-state index contributed by atoms with van der Waals surface area (Å²) in [4.78, 5) is 12.3. The van der Waals surface area contributed by atoms with Crippen molar-refractivity contribution in [1.29, 1.82) is 0 Å². The number of fused-ring (bicyclic) bond motifs is 1. The zero-order chi connectivity index (χ0) is 17.2.